The van der Waals surface area contributed by atoms with Crippen LogP contribution in [-0.2, 0) is 10.0 Å². The summed E-state index contributed by atoms with van der Waals surface area (Å²) in [5.41, 5.74) is 6.13. The van der Waals surface area contributed by atoms with Crippen LogP contribution >= 0.6 is 12.2 Å². The Balaban J connectivity index is 2.14. The van der Waals surface area contributed by atoms with Crippen molar-refractivity contribution in [3.63, 3.8) is 0 Å². The van der Waals surface area contributed by atoms with Gasteiger partial charge in [0, 0.05) is 11.6 Å². The van der Waals surface area contributed by atoms with Crippen molar-refractivity contribution in [2.45, 2.75) is 50.0 Å². The zero-order valence-corrected chi connectivity index (χ0v) is 13.8. The van der Waals surface area contributed by atoms with Gasteiger partial charge in [-0.1, -0.05) is 50.5 Å². The number of nitrogens with one attached hydrogen (secondary N) is 1. The van der Waals surface area contributed by atoms with E-state index >= 15 is 0 Å². The van der Waals surface area contributed by atoms with Crippen molar-refractivity contribution in [3.05, 3.63) is 29.8 Å². The second-order valence-electron chi connectivity index (χ2n) is 5.65. The molecule has 0 radical (unpaired) electrons. The average molecular weight is 326 g/mol. The van der Waals surface area contributed by atoms with Crippen molar-refractivity contribution in [3.8, 4) is 0 Å². The summed E-state index contributed by atoms with van der Waals surface area (Å²) in [5, 5.41) is 0. The highest BCUT2D eigenvalue weighted by atomic mass is 32.2. The minimum absolute atomic E-state index is 0.0298. The summed E-state index contributed by atoms with van der Waals surface area (Å²) in [6.07, 6.45) is 5.22. The van der Waals surface area contributed by atoms with Crippen LogP contribution in [0.4, 0.5) is 0 Å². The number of hydrogen-bond donors (Lipinski definition) is 2. The van der Waals surface area contributed by atoms with Gasteiger partial charge in [-0.2, -0.15) is 0 Å². The summed E-state index contributed by atoms with van der Waals surface area (Å²) >= 11 is 4.90. The van der Waals surface area contributed by atoms with Crippen molar-refractivity contribution < 1.29 is 8.42 Å². The van der Waals surface area contributed by atoms with Gasteiger partial charge in [0.1, 0.15) is 4.99 Å². The first-order valence-corrected chi connectivity index (χ1v) is 9.23. The molecule has 1 aliphatic carbocycles. The fraction of sp³-hybridized carbons (Fsp3) is 0.533. The number of hydrogen-bond acceptors (Lipinski definition) is 3. The molecule has 0 amide bonds. The molecular formula is C15H22N2O2S2. The van der Waals surface area contributed by atoms with Gasteiger partial charge in [0.15, 0.2) is 0 Å². The Kier molecular flexibility index (Phi) is 5.35. The van der Waals surface area contributed by atoms with Crippen LogP contribution < -0.4 is 10.5 Å². The highest BCUT2D eigenvalue weighted by Gasteiger charge is 2.25. The predicted molar refractivity (Wildman–Crippen MR) is 88.7 cm³/mol. The molecule has 1 aliphatic rings. The first-order chi connectivity index (χ1) is 9.92. The van der Waals surface area contributed by atoms with Crippen molar-refractivity contribution in [1.29, 1.82) is 0 Å². The van der Waals surface area contributed by atoms with Gasteiger partial charge >= 0.3 is 0 Å². The molecule has 0 bridgehead atoms. The lowest BCUT2D eigenvalue weighted by molar-refractivity contribution is 0.301. The summed E-state index contributed by atoms with van der Waals surface area (Å²) in [6, 6.07) is 6.52. The molecule has 0 aromatic heterocycles. The van der Waals surface area contributed by atoms with E-state index in [-0.39, 0.29) is 15.9 Å². The Morgan fingerprint density at radius 2 is 2.19 bits per heavy atom. The van der Waals surface area contributed by atoms with E-state index in [1.807, 2.05) is 0 Å². The highest BCUT2D eigenvalue weighted by Crippen LogP contribution is 2.27. The van der Waals surface area contributed by atoms with E-state index in [0.29, 0.717) is 11.5 Å². The topological polar surface area (TPSA) is 72.2 Å². The van der Waals surface area contributed by atoms with Gasteiger partial charge in [0.2, 0.25) is 10.0 Å². The van der Waals surface area contributed by atoms with Gasteiger partial charge < -0.3 is 5.73 Å². The van der Waals surface area contributed by atoms with Gasteiger partial charge in [-0.15, -0.1) is 0 Å². The number of thiocarbonyl (C=S) groups is 1. The van der Waals surface area contributed by atoms with Crippen LogP contribution in [0.1, 0.15) is 44.6 Å². The van der Waals surface area contributed by atoms with Gasteiger partial charge in [-0.25, -0.2) is 13.1 Å². The van der Waals surface area contributed by atoms with Crippen LogP contribution in [0.2, 0.25) is 0 Å². The zero-order valence-electron chi connectivity index (χ0n) is 12.2. The van der Waals surface area contributed by atoms with E-state index in [4.69, 9.17) is 18.0 Å². The fourth-order valence-electron chi connectivity index (χ4n) is 2.87. The number of sulfonamides is 1. The molecule has 1 fully saturated rings. The monoisotopic (exact) mass is 326 g/mol. The minimum atomic E-state index is -3.51. The molecule has 0 heterocycles. The lowest BCUT2D eigenvalue weighted by Crippen LogP contribution is -2.38. The molecular weight excluding hydrogens is 304 g/mol. The van der Waals surface area contributed by atoms with E-state index in [1.165, 1.54) is 12.5 Å². The minimum Gasteiger partial charge on any atom is -0.389 e. The molecule has 21 heavy (non-hydrogen) atoms. The summed E-state index contributed by atoms with van der Waals surface area (Å²) in [4.78, 5) is 0.433. The van der Waals surface area contributed by atoms with E-state index in [9.17, 15) is 8.42 Å². The first-order valence-electron chi connectivity index (χ1n) is 7.34. The summed E-state index contributed by atoms with van der Waals surface area (Å²) < 4.78 is 27.8. The first kappa shape index (κ1) is 16.4. The van der Waals surface area contributed by atoms with Crippen molar-refractivity contribution in [1.82, 2.24) is 4.72 Å². The van der Waals surface area contributed by atoms with E-state index in [0.717, 1.165) is 25.7 Å². The molecule has 116 valence electrons. The van der Waals surface area contributed by atoms with Crippen molar-refractivity contribution in [2.24, 2.45) is 11.7 Å². The number of benzene rings is 1. The third-order valence-corrected chi connectivity index (χ3v) is 5.86. The molecule has 2 unspecified atom stereocenters. The molecule has 1 aromatic rings. The normalized spacial score (nSPS) is 22.9. The lowest BCUT2D eigenvalue weighted by Gasteiger charge is -2.28. The summed E-state index contributed by atoms with van der Waals surface area (Å²) in [6.45, 7) is 2.16. The smallest absolute Gasteiger partial charge is 0.240 e. The quantitative estimate of drug-likeness (QED) is 0.816. The van der Waals surface area contributed by atoms with Crippen molar-refractivity contribution >= 4 is 27.2 Å². The van der Waals surface area contributed by atoms with E-state index < -0.39 is 10.0 Å². The molecule has 3 N–H and O–H groups in total. The third kappa shape index (κ3) is 4.25. The molecule has 4 nitrogen and oxygen atoms in total. The third-order valence-electron chi connectivity index (χ3n) is 4.11. The molecule has 1 aromatic carbocycles. The van der Waals surface area contributed by atoms with Crippen LogP contribution in [0.15, 0.2) is 29.2 Å². The van der Waals surface area contributed by atoms with E-state index in [1.54, 1.807) is 18.2 Å². The molecule has 6 heteroatoms. The van der Waals surface area contributed by atoms with E-state index in [2.05, 4.69) is 11.6 Å². The van der Waals surface area contributed by atoms with Crippen LogP contribution in [-0.4, -0.2) is 19.4 Å². The number of nitrogens with two attached hydrogens (primary N) is 1. The fourth-order valence-corrected chi connectivity index (χ4v) is 4.33. The van der Waals surface area contributed by atoms with Gasteiger partial charge in [0.25, 0.3) is 0 Å². The molecule has 0 spiro atoms. The second-order valence-corrected chi connectivity index (χ2v) is 7.80. The Morgan fingerprint density at radius 3 is 2.86 bits per heavy atom. The maximum atomic E-state index is 12.5. The van der Waals surface area contributed by atoms with Gasteiger partial charge in [-0.3, -0.25) is 0 Å². The molecule has 2 rings (SSSR count). The van der Waals surface area contributed by atoms with Gasteiger partial charge in [0.05, 0.1) is 4.90 Å². The average Bonchev–Trinajstić information content (AvgIpc) is 2.47. The molecule has 0 saturated heterocycles. The Bertz CT molecular complexity index is 614. The Labute approximate surface area is 132 Å². The number of rotatable bonds is 5. The maximum absolute atomic E-state index is 12.5. The standard InChI is InChI=1S/C15H22N2O2S2/c1-2-11-5-3-7-13(9-11)17-21(18,19)14-8-4-6-12(10-14)15(16)20/h4,6,8,10-11,13,17H,2-3,5,7,9H2,1H3,(H2,16,20). The molecule has 1 saturated carbocycles. The Hall–Kier alpha value is -0.980. The highest BCUT2D eigenvalue weighted by molar-refractivity contribution is 7.89. The Morgan fingerprint density at radius 1 is 1.43 bits per heavy atom. The molecule has 0 aliphatic heterocycles. The lowest BCUT2D eigenvalue weighted by atomic mass is 9.85. The predicted octanol–water partition coefficient (Wildman–Crippen LogP) is 2.57. The van der Waals surface area contributed by atoms with Crippen LogP contribution in [0.25, 0.3) is 0 Å². The zero-order chi connectivity index (χ0) is 15.5. The van der Waals surface area contributed by atoms with Crippen molar-refractivity contribution in [2.75, 3.05) is 0 Å². The second kappa shape index (κ2) is 6.85. The summed E-state index contributed by atoms with van der Waals surface area (Å²) in [5.74, 6) is 0.620. The van der Waals surface area contributed by atoms with Crippen LogP contribution in [0.3, 0.4) is 0 Å². The maximum Gasteiger partial charge on any atom is 0.240 e. The molecule has 2 atom stereocenters. The van der Waals surface area contributed by atoms with Crippen LogP contribution in [0.5, 0.6) is 0 Å². The SMILES string of the molecule is CCC1CCCC(NS(=O)(=O)c2cccc(C(N)=S)c2)C1. The largest absolute Gasteiger partial charge is 0.389 e. The van der Waals surface area contributed by atoms with Gasteiger partial charge in [-0.05, 0) is 30.9 Å². The van der Waals surface area contributed by atoms with Crippen LogP contribution in [0, 0.1) is 5.92 Å². The summed E-state index contributed by atoms with van der Waals surface area (Å²) in [7, 11) is -3.51.